The topological polar surface area (TPSA) is 99.6 Å². The van der Waals surface area contributed by atoms with Crippen LogP contribution in [0.25, 0.3) is 0 Å². The van der Waals surface area contributed by atoms with Gasteiger partial charge in [0.2, 0.25) is 0 Å². The molecule has 2 amide bonds. The molecule has 2 aromatic rings. The van der Waals surface area contributed by atoms with Gasteiger partial charge in [-0.05, 0) is 56.2 Å². The van der Waals surface area contributed by atoms with E-state index >= 15 is 0 Å². The van der Waals surface area contributed by atoms with E-state index in [9.17, 15) is 14.4 Å². The Hall–Kier alpha value is -3.22. The normalized spacial score (nSPS) is 14.6. The van der Waals surface area contributed by atoms with Crippen LogP contribution in [-0.2, 0) is 4.79 Å². The molecule has 0 unspecified atom stereocenters. The number of benzene rings is 1. The number of carboxylic acids is 1. The van der Waals surface area contributed by atoms with E-state index in [1.54, 1.807) is 41.3 Å². The minimum Gasteiger partial charge on any atom is -0.481 e. The summed E-state index contributed by atoms with van der Waals surface area (Å²) in [6.07, 6.45) is 2.46. The first-order valence-electron chi connectivity index (χ1n) is 8.80. The molecule has 0 saturated carbocycles. The van der Waals surface area contributed by atoms with Crippen LogP contribution in [0.4, 0.5) is 5.69 Å². The number of aromatic nitrogens is 1. The maximum absolute atomic E-state index is 12.5. The summed E-state index contributed by atoms with van der Waals surface area (Å²) >= 11 is 0. The van der Waals surface area contributed by atoms with Gasteiger partial charge in [0.05, 0.1) is 11.5 Å². The SMILES string of the molecule is Cc1ccc(C(=O)Nc2ccc(C(=O)N3CCC(C(=O)O)CC3)cc2)cn1. The predicted octanol–water partition coefficient (Wildman–Crippen LogP) is 2.58. The molecule has 140 valence electrons. The summed E-state index contributed by atoms with van der Waals surface area (Å²) in [6, 6.07) is 10.2. The van der Waals surface area contributed by atoms with Gasteiger partial charge >= 0.3 is 5.97 Å². The number of nitrogens with zero attached hydrogens (tertiary/aromatic N) is 2. The number of anilines is 1. The highest BCUT2D eigenvalue weighted by molar-refractivity contribution is 6.04. The quantitative estimate of drug-likeness (QED) is 0.865. The van der Waals surface area contributed by atoms with Crippen molar-refractivity contribution >= 4 is 23.5 Å². The van der Waals surface area contributed by atoms with Crippen molar-refractivity contribution in [2.75, 3.05) is 18.4 Å². The molecule has 7 heteroatoms. The summed E-state index contributed by atoms with van der Waals surface area (Å²) in [7, 11) is 0. The predicted molar refractivity (Wildman–Crippen MR) is 99.6 cm³/mol. The van der Waals surface area contributed by atoms with Gasteiger partial charge in [0.1, 0.15) is 0 Å². The second-order valence-corrected chi connectivity index (χ2v) is 6.62. The molecule has 0 spiro atoms. The fourth-order valence-corrected chi connectivity index (χ4v) is 3.01. The molecule has 2 N–H and O–H groups in total. The Morgan fingerprint density at radius 1 is 1.04 bits per heavy atom. The first kappa shape index (κ1) is 18.6. The van der Waals surface area contributed by atoms with Gasteiger partial charge in [0.15, 0.2) is 0 Å². The highest BCUT2D eigenvalue weighted by atomic mass is 16.4. The second-order valence-electron chi connectivity index (χ2n) is 6.62. The zero-order chi connectivity index (χ0) is 19.4. The van der Waals surface area contributed by atoms with Crippen molar-refractivity contribution in [1.82, 2.24) is 9.88 Å². The number of carbonyl (C=O) groups is 3. The Bertz CT molecular complexity index is 839. The Morgan fingerprint density at radius 2 is 1.67 bits per heavy atom. The van der Waals surface area contributed by atoms with Gasteiger partial charge in [0.25, 0.3) is 11.8 Å². The summed E-state index contributed by atoms with van der Waals surface area (Å²) in [5.41, 5.74) is 2.39. The first-order valence-corrected chi connectivity index (χ1v) is 8.80. The number of piperidine rings is 1. The maximum atomic E-state index is 12.5. The standard InChI is InChI=1S/C20H21N3O4/c1-13-2-3-16(12-21-13)18(24)22-17-6-4-14(5-7-17)19(25)23-10-8-15(9-11-23)20(26)27/h2-7,12,15H,8-11H2,1H3,(H,22,24)(H,26,27). The molecule has 1 aromatic carbocycles. The second kappa shape index (κ2) is 7.99. The first-order chi connectivity index (χ1) is 12.9. The molecule has 1 fully saturated rings. The monoisotopic (exact) mass is 367 g/mol. The molecule has 1 aliphatic rings. The number of carboxylic acid groups (broad SMARTS) is 1. The van der Waals surface area contributed by atoms with E-state index in [1.807, 2.05) is 6.92 Å². The lowest BCUT2D eigenvalue weighted by Crippen LogP contribution is -2.40. The third kappa shape index (κ3) is 4.49. The molecule has 3 rings (SSSR count). The Balaban J connectivity index is 1.60. The molecule has 0 bridgehead atoms. The Labute approximate surface area is 157 Å². The number of amides is 2. The molecule has 27 heavy (non-hydrogen) atoms. The Kier molecular flexibility index (Phi) is 5.49. The van der Waals surface area contributed by atoms with Gasteiger partial charge in [-0.25, -0.2) is 0 Å². The van der Waals surface area contributed by atoms with Crippen LogP contribution < -0.4 is 5.32 Å². The van der Waals surface area contributed by atoms with Gasteiger partial charge < -0.3 is 15.3 Å². The Morgan fingerprint density at radius 3 is 2.22 bits per heavy atom. The number of hydrogen-bond acceptors (Lipinski definition) is 4. The van der Waals surface area contributed by atoms with Crippen molar-refractivity contribution in [3.05, 3.63) is 59.4 Å². The van der Waals surface area contributed by atoms with Crippen molar-refractivity contribution in [2.24, 2.45) is 5.92 Å². The molecule has 1 saturated heterocycles. The molecule has 0 atom stereocenters. The lowest BCUT2D eigenvalue weighted by Gasteiger charge is -2.30. The number of hydrogen-bond donors (Lipinski definition) is 2. The van der Waals surface area contributed by atoms with Crippen molar-refractivity contribution in [2.45, 2.75) is 19.8 Å². The van der Waals surface area contributed by atoms with Gasteiger partial charge in [-0.3, -0.25) is 19.4 Å². The smallest absolute Gasteiger partial charge is 0.306 e. The number of likely N-dealkylation sites (tertiary alicyclic amines) is 1. The van der Waals surface area contributed by atoms with Gasteiger partial charge in [-0.15, -0.1) is 0 Å². The van der Waals surface area contributed by atoms with E-state index in [-0.39, 0.29) is 17.7 Å². The van der Waals surface area contributed by atoms with E-state index in [0.717, 1.165) is 5.69 Å². The van der Waals surface area contributed by atoms with E-state index in [2.05, 4.69) is 10.3 Å². The van der Waals surface area contributed by atoms with Gasteiger partial charge in [-0.2, -0.15) is 0 Å². The van der Waals surface area contributed by atoms with Gasteiger partial charge in [-0.1, -0.05) is 0 Å². The number of rotatable bonds is 4. The molecule has 2 heterocycles. The lowest BCUT2D eigenvalue weighted by atomic mass is 9.96. The summed E-state index contributed by atoms with van der Waals surface area (Å²) in [5.74, 6) is -1.56. The molecule has 0 radical (unpaired) electrons. The van der Waals surface area contributed by atoms with Crippen molar-refractivity contribution < 1.29 is 19.5 Å². The van der Waals surface area contributed by atoms with E-state index in [0.29, 0.717) is 42.7 Å². The minimum absolute atomic E-state index is 0.126. The summed E-state index contributed by atoms with van der Waals surface area (Å²) in [4.78, 5) is 41.5. The average Bonchev–Trinajstić information content (AvgIpc) is 2.68. The number of aryl methyl sites for hydroxylation is 1. The van der Waals surface area contributed by atoms with Crippen LogP contribution in [-0.4, -0.2) is 45.9 Å². The number of pyridine rings is 1. The van der Waals surface area contributed by atoms with Crippen molar-refractivity contribution in [3.63, 3.8) is 0 Å². The van der Waals surface area contributed by atoms with E-state index in [4.69, 9.17) is 5.11 Å². The van der Waals surface area contributed by atoms with Crippen molar-refractivity contribution in [1.29, 1.82) is 0 Å². The van der Waals surface area contributed by atoms with E-state index in [1.165, 1.54) is 6.20 Å². The lowest BCUT2D eigenvalue weighted by molar-refractivity contribution is -0.143. The van der Waals surface area contributed by atoms with Crippen molar-refractivity contribution in [3.8, 4) is 0 Å². The third-order valence-corrected chi connectivity index (χ3v) is 4.69. The number of nitrogens with one attached hydrogen (secondary N) is 1. The van der Waals surface area contributed by atoms with Crippen LogP contribution in [0.3, 0.4) is 0 Å². The molecule has 7 nitrogen and oxygen atoms in total. The minimum atomic E-state index is -0.800. The molecular weight excluding hydrogens is 346 g/mol. The molecule has 1 aromatic heterocycles. The fraction of sp³-hybridized carbons (Fsp3) is 0.300. The zero-order valence-corrected chi connectivity index (χ0v) is 15.0. The summed E-state index contributed by atoms with van der Waals surface area (Å²) in [5, 5.41) is 11.8. The molecule has 0 aliphatic carbocycles. The molecule has 1 aliphatic heterocycles. The van der Waals surface area contributed by atoms with Crippen LogP contribution in [0, 0.1) is 12.8 Å². The highest BCUT2D eigenvalue weighted by Gasteiger charge is 2.27. The maximum Gasteiger partial charge on any atom is 0.306 e. The van der Waals surface area contributed by atoms with Crippen LogP contribution in [0.15, 0.2) is 42.6 Å². The van der Waals surface area contributed by atoms with Gasteiger partial charge in [0, 0.05) is 36.2 Å². The highest BCUT2D eigenvalue weighted by Crippen LogP contribution is 2.20. The van der Waals surface area contributed by atoms with Crippen LogP contribution in [0.1, 0.15) is 39.3 Å². The largest absolute Gasteiger partial charge is 0.481 e. The third-order valence-electron chi connectivity index (χ3n) is 4.69. The summed E-state index contributed by atoms with van der Waals surface area (Å²) < 4.78 is 0. The number of aliphatic carboxylic acids is 1. The fourth-order valence-electron chi connectivity index (χ4n) is 3.01. The van der Waals surface area contributed by atoms with Crippen LogP contribution in [0.2, 0.25) is 0 Å². The number of carbonyl (C=O) groups excluding carboxylic acids is 2. The molecular formula is C20H21N3O4. The average molecular weight is 367 g/mol. The van der Waals surface area contributed by atoms with E-state index < -0.39 is 5.97 Å². The summed E-state index contributed by atoms with van der Waals surface area (Å²) in [6.45, 7) is 2.73. The zero-order valence-electron chi connectivity index (χ0n) is 15.0. The van der Waals surface area contributed by atoms with Crippen LogP contribution in [0.5, 0.6) is 0 Å². The van der Waals surface area contributed by atoms with Crippen LogP contribution >= 0.6 is 0 Å².